The van der Waals surface area contributed by atoms with Crippen molar-refractivity contribution in [3.63, 3.8) is 0 Å². The van der Waals surface area contributed by atoms with Crippen LogP contribution in [-0.4, -0.2) is 51.9 Å². The maximum Gasteiger partial charge on any atom is 0.295 e. The first-order valence-corrected chi connectivity index (χ1v) is 5.87. The molecule has 1 aliphatic carbocycles. The van der Waals surface area contributed by atoms with E-state index in [1.165, 1.54) is 0 Å². The molecule has 0 radical (unpaired) electrons. The van der Waals surface area contributed by atoms with E-state index in [9.17, 15) is 0 Å². The molecule has 0 aromatic carbocycles. The zero-order valence-electron chi connectivity index (χ0n) is 9.92. The first-order chi connectivity index (χ1) is 8.31. The molecule has 0 unspecified atom stereocenters. The summed E-state index contributed by atoms with van der Waals surface area (Å²) in [6, 6.07) is 0. The second kappa shape index (κ2) is 7.79. The third kappa shape index (κ3) is 4.53. The van der Waals surface area contributed by atoms with E-state index in [2.05, 4.69) is 9.69 Å². The largest absolute Gasteiger partial charge is 0.396 e. The van der Waals surface area contributed by atoms with Gasteiger partial charge in [0.25, 0.3) is 5.71 Å². The third-order valence-electron chi connectivity index (χ3n) is 2.63. The van der Waals surface area contributed by atoms with Gasteiger partial charge in [0.2, 0.25) is 0 Å². The number of hydrogen-bond donors (Lipinski definition) is 2. The van der Waals surface area contributed by atoms with Crippen molar-refractivity contribution in [3.8, 4) is 0 Å². The van der Waals surface area contributed by atoms with Gasteiger partial charge in [-0.25, -0.2) is 0 Å². The fraction of sp³-hybridized carbons (Fsp3) is 0.583. The standard InChI is InChI=1S/C12H19N3O2/c13-14-11-3-5-12(6-4-11)15(7-1-9-16)8-2-10-17/h3,5-6,16-17H,1-2,4,7-10H2. The molecule has 0 spiro atoms. The van der Waals surface area contributed by atoms with Gasteiger partial charge in [-0.1, -0.05) is 0 Å². The van der Waals surface area contributed by atoms with Crippen molar-refractivity contribution in [1.29, 1.82) is 0 Å². The van der Waals surface area contributed by atoms with Crippen LogP contribution in [0.2, 0.25) is 0 Å². The second-order valence-electron chi connectivity index (χ2n) is 3.90. The average Bonchev–Trinajstić information content (AvgIpc) is 2.39. The van der Waals surface area contributed by atoms with Crippen molar-refractivity contribution < 1.29 is 15.0 Å². The van der Waals surface area contributed by atoms with Crippen molar-refractivity contribution in [1.82, 2.24) is 4.90 Å². The normalized spacial score (nSPS) is 14.5. The van der Waals surface area contributed by atoms with E-state index < -0.39 is 0 Å². The first-order valence-electron chi connectivity index (χ1n) is 5.87. The third-order valence-corrected chi connectivity index (χ3v) is 2.63. The van der Waals surface area contributed by atoms with Crippen molar-refractivity contribution in [2.45, 2.75) is 19.3 Å². The van der Waals surface area contributed by atoms with Crippen LogP contribution in [-0.2, 0) is 0 Å². The molecule has 0 aromatic rings. The molecule has 0 aromatic heterocycles. The Balaban J connectivity index is 2.60. The Bertz CT molecular complexity index is 336. The van der Waals surface area contributed by atoms with Crippen LogP contribution in [0.3, 0.4) is 0 Å². The molecule has 2 N–H and O–H groups in total. The van der Waals surface area contributed by atoms with Gasteiger partial charge in [0.1, 0.15) is 0 Å². The van der Waals surface area contributed by atoms with Gasteiger partial charge in [-0.05, 0) is 25.0 Å². The molecule has 5 nitrogen and oxygen atoms in total. The molecule has 0 bridgehead atoms. The fourth-order valence-corrected chi connectivity index (χ4v) is 1.73. The summed E-state index contributed by atoms with van der Waals surface area (Å²) in [4.78, 5) is 5.27. The van der Waals surface area contributed by atoms with E-state index in [1.807, 2.05) is 12.2 Å². The van der Waals surface area contributed by atoms with E-state index in [1.54, 1.807) is 6.08 Å². The Morgan fingerprint density at radius 3 is 2.24 bits per heavy atom. The Hall–Kier alpha value is -1.42. The molecule has 0 heterocycles. The minimum absolute atomic E-state index is 0.163. The molecule has 17 heavy (non-hydrogen) atoms. The highest BCUT2D eigenvalue weighted by Gasteiger charge is 2.13. The summed E-state index contributed by atoms with van der Waals surface area (Å²) in [5, 5.41) is 17.7. The van der Waals surface area contributed by atoms with Crippen LogP contribution in [0.15, 0.2) is 23.9 Å². The average molecular weight is 237 g/mol. The molecule has 0 saturated heterocycles. The number of nitrogens with zero attached hydrogens (tertiary/aromatic N) is 3. The monoisotopic (exact) mass is 237 g/mol. The summed E-state index contributed by atoms with van der Waals surface area (Å²) in [5.41, 5.74) is 10.3. The lowest BCUT2D eigenvalue weighted by Crippen LogP contribution is -2.27. The Kier molecular flexibility index (Phi) is 6.25. The van der Waals surface area contributed by atoms with E-state index in [4.69, 9.17) is 15.7 Å². The lowest BCUT2D eigenvalue weighted by molar-refractivity contribution is -0.00548. The maximum absolute atomic E-state index is 8.85. The van der Waals surface area contributed by atoms with E-state index in [0.717, 1.165) is 18.8 Å². The number of aliphatic hydroxyl groups excluding tert-OH is 2. The zero-order chi connectivity index (χ0) is 12.5. The fourth-order valence-electron chi connectivity index (χ4n) is 1.73. The molecule has 94 valence electrons. The molecule has 0 aliphatic heterocycles. The van der Waals surface area contributed by atoms with Crippen molar-refractivity contribution in [3.05, 3.63) is 29.5 Å². The molecular weight excluding hydrogens is 218 g/mol. The minimum atomic E-state index is 0.163. The van der Waals surface area contributed by atoms with Gasteiger partial charge in [-0.15, -0.1) is 0 Å². The molecule has 1 aliphatic rings. The van der Waals surface area contributed by atoms with Gasteiger partial charge in [0.15, 0.2) is 0 Å². The molecule has 1 rings (SSSR count). The number of hydrogen-bond acceptors (Lipinski definition) is 3. The Morgan fingerprint density at radius 1 is 1.18 bits per heavy atom. The number of allylic oxidation sites excluding steroid dienone is 3. The summed E-state index contributed by atoms with van der Waals surface area (Å²) < 4.78 is 0. The van der Waals surface area contributed by atoms with Crippen molar-refractivity contribution >= 4 is 5.71 Å². The molecule has 5 heteroatoms. The van der Waals surface area contributed by atoms with Crippen molar-refractivity contribution in [2.24, 2.45) is 0 Å². The van der Waals surface area contributed by atoms with E-state index >= 15 is 0 Å². The van der Waals surface area contributed by atoms with E-state index in [-0.39, 0.29) is 13.2 Å². The van der Waals surface area contributed by atoms with Gasteiger partial charge in [-0.2, -0.15) is 4.79 Å². The molecule has 0 saturated carbocycles. The zero-order valence-corrected chi connectivity index (χ0v) is 9.92. The topological polar surface area (TPSA) is 80.1 Å². The van der Waals surface area contributed by atoms with Gasteiger partial charge in [0.05, 0.1) is 6.42 Å². The van der Waals surface area contributed by atoms with Gasteiger partial charge >= 0.3 is 0 Å². The Labute approximate surface area is 101 Å². The maximum atomic E-state index is 8.85. The molecule has 0 fully saturated rings. The lowest BCUT2D eigenvalue weighted by atomic mass is 10.1. The van der Waals surface area contributed by atoms with Gasteiger partial charge < -0.3 is 20.6 Å². The lowest BCUT2D eigenvalue weighted by Gasteiger charge is -2.26. The highest BCUT2D eigenvalue weighted by molar-refractivity contribution is 5.92. The summed E-state index contributed by atoms with van der Waals surface area (Å²) in [5.74, 6) is 0. The van der Waals surface area contributed by atoms with Gasteiger partial charge in [-0.3, -0.25) is 0 Å². The van der Waals surface area contributed by atoms with Crippen LogP contribution < -0.4 is 0 Å². The highest BCUT2D eigenvalue weighted by atomic mass is 16.3. The summed E-state index contributed by atoms with van der Waals surface area (Å²) in [6.45, 7) is 1.85. The quantitative estimate of drug-likeness (QED) is 0.501. The van der Waals surface area contributed by atoms with Crippen LogP contribution in [0.1, 0.15) is 19.3 Å². The summed E-state index contributed by atoms with van der Waals surface area (Å²) >= 11 is 0. The van der Waals surface area contributed by atoms with Crippen LogP contribution in [0.4, 0.5) is 0 Å². The van der Waals surface area contributed by atoms with Crippen molar-refractivity contribution in [2.75, 3.05) is 26.3 Å². The van der Waals surface area contributed by atoms with Crippen LogP contribution in [0.25, 0.3) is 5.53 Å². The smallest absolute Gasteiger partial charge is 0.295 e. The number of aliphatic hydroxyl groups is 2. The predicted molar refractivity (Wildman–Crippen MR) is 65.4 cm³/mol. The van der Waals surface area contributed by atoms with E-state index in [0.29, 0.717) is 25.0 Å². The molecule has 0 amide bonds. The highest BCUT2D eigenvalue weighted by Crippen LogP contribution is 2.13. The van der Waals surface area contributed by atoms with Crippen LogP contribution in [0, 0.1) is 0 Å². The molecular formula is C12H19N3O2. The molecule has 0 atom stereocenters. The van der Waals surface area contributed by atoms with Crippen LogP contribution >= 0.6 is 0 Å². The second-order valence-corrected chi connectivity index (χ2v) is 3.90. The Morgan fingerprint density at radius 2 is 1.82 bits per heavy atom. The van der Waals surface area contributed by atoms with Crippen LogP contribution in [0.5, 0.6) is 0 Å². The van der Waals surface area contributed by atoms with Gasteiger partial charge in [0, 0.05) is 38.1 Å². The summed E-state index contributed by atoms with van der Waals surface area (Å²) in [6.07, 6.45) is 7.68. The predicted octanol–water partition coefficient (Wildman–Crippen LogP) is 0.568. The number of rotatable bonds is 7. The minimum Gasteiger partial charge on any atom is -0.396 e. The first kappa shape index (κ1) is 13.6. The SMILES string of the molecule is [N-]=[N+]=C1C=CC(N(CCCO)CCCO)=CC1. The summed E-state index contributed by atoms with van der Waals surface area (Å²) in [7, 11) is 0.